The van der Waals surface area contributed by atoms with Crippen molar-refractivity contribution in [3.63, 3.8) is 0 Å². The zero-order valence-electron chi connectivity index (χ0n) is 20.6. The Morgan fingerprint density at radius 1 is 0.500 bits per heavy atom. The Morgan fingerprint density at radius 2 is 0.632 bits per heavy atom. The number of aliphatic hydroxyl groups excluding tert-OH is 4. The number of ether oxygens (including phenoxy) is 4. The van der Waals surface area contributed by atoms with Gasteiger partial charge in [-0.3, -0.25) is 0 Å². The molecule has 218 valence electrons. The average molecular weight is 722 g/mol. The van der Waals surface area contributed by atoms with Gasteiger partial charge in [0.25, 0.3) is 0 Å². The molecule has 4 N–H and O–H groups in total. The SMILES string of the molecule is COC(=O)[C@@H]1CC(O)=N1.COC(=O)[C@@H]1CC(O)=N1.COC(=O)[C@@H]1CC(O)=N1.COC(=O)[C@@H]1CC(O)=N1.[Rh].[Rh]. The molecule has 4 aliphatic heterocycles. The van der Waals surface area contributed by atoms with E-state index in [1.165, 1.54) is 28.4 Å². The van der Waals surface area contributed by atoms with Crippen LogP contribution in [0.25, 0.3) is 0 Å². The number of rotatable bonds is 4. The van der Waals surface area contributed by atoms with Crippen molar-refractivity contribution in [3.05, 3.63) is 0 Å². The van der Waals surface area contributed by atoms with E-state index in [0.717, 1.165) is 0 Å². The van der Waals surface area contributed by atoms with Crippen LogP contribution in [-0.4, -0.2) is 121 Å². The number of carbonyl (C=O) groups is 4. The summed E-state index contributed by atoms with van der Waals surface area (Å²) in [7, 11) is 5.20. The summed E-state index contributed by atoms with van der Waals surface area (Å²) in [6, 6.07) is -1.80. The van der Waals surface area contributed by atoms with Crippen LogP contribution in [0.4, 0.5) is 0 Å². The zero-order chi connectivity index (χ0) is 27.4. The minimum absolute atomic E-state index is 0. The van der Waals surface area contributed by atoms with Crippen molar-refractivity contribution in [2.45, 2.75) is 49.9 Å². The van der Waals surface area contributed by atoms with E-state index < -0.39 is 24.2 Å². The molecule has 2 radical (unpaired) electrons. The summed E-state index contributed by atoms with van der Waals surface area (Å²) < 4.78 is 17.4. The Labute approximate surface area is 242 Å². The molecule has 0 unspecified atom stereocenters. The van der Waals surface area contributed by atoms with E-state index in [9.17, 15) is 19.2 Å². The quantitative estimate of drug-likeness (QED) is 0.164. The standard InChI is InChI=1S/4C5H7NO3.2Rh/c4*1-9-5(8)3-2-4(7)6-3;;/h4*3H,2H2,1H3,(H,6,7);;/t4*3-;;/m0000../s1. The molecule has 18 heteroatoms. The average Bonchev–Trinajstić information content (AvgIpc) is 2.80. The monoisotopic (exact) mass is 722 g/mol. The van der Waals surface area contributed by atoms with Crippen molar-refractivity contribution in [2.24, 2.45) is 20.0 Å². The molecule has 0 aromatic heterocycles. The van der Waals surface area contributed by atoms with E-state index in [1.807, 2.05) is 0 Å². The van der Waals surface area contributed by atoms with Crippen molar-refractivity contribution in [1.29, 1.82) is 0 Å². The summed E-state index contributed by atoms with van der Waals surface area (Å²) in [5.41, 5.74) is 0. The van der Waals surface area contributed by atoms with Gasteiger partial charge < -0.3 is 39.4 Å². The normalized spacial score (nSPS) is 22.8. The van der Waals surface area contributed by atoms with Crippen molar-refractivity contribution >= 4 is 47.5 Å². The molecule has 0 amide bonds. The molecule has 0 saturated heterocycles. The zero-order valence-corrected chi connectivity index (χ0v) is 23.9. The van der Waals surface area contributed by atoms with Gasteiger partial charge >= 0.3 is 23.9 Å². The van der Waals surface area contributed by atoms with Crippen molar-refractivity contribution < 1.29 is 97.5 Å². The number of methoxy groups -OCH3 is 4. The van der Waals surface area contributed by atoms with Crippen molar-refractivity contribution in [1.82, 2.24) is 0 Å². The van der Waals surface area contributed by atoms with Crippen LogP contribution in [0.3, 0.4) is 0 Å². The van der Waals surface area contributed by atoms with Gasteiger partial charge in [0, 0.05) is 39.0 Å². The molecule has 0 aromatic carbocycles. The van der Waals surface area contributed by atoms with E-state index >= 15 is 0 Å². The maximum absolute atomic E-state index is 10.5. The molecule has 0 bridgehead atoms. The van der Waals surface area contributed by atoms with Crippen molar-refractivity contribution in [2.75, 3.05) is 28.4 Å². The summed E-state index contributed by atoms with van der Waals surface area (Å²) in [5.74, 6) is -1.40. The molecular formula is C20H28N4O12Rh2. The molecule has 0 fully saturated rings. The van der Waals surface area contributed by atoms with Gasteiger partial charge in [0.15, 0.2) is 47.8 Å². The number of carbonyl (C=O) groups excluding carboxylic acids is 4. The van der Waals surface area contributed by atoms with E-state index in [1.54, 1.807) is 0 Å². The Morgan fingerprint density at radius 3 is 0.711 bits per heavy atom. The van der Waals surface area contributed by atoms with E-state index in [2.05, 4.69) is 38.9 Å². The molecule has 0 aliphatic carbocycles. The molecular weight excluding hydrogens is 694 g/mol. The second kappa shape index (κ2) is 18.3. The van der Waals surface area contributed by atoms with Gasteiger partial charge in [0.1, 0.15) is 0 Å². The second-order valence-electron chi connectivity index (χ2n) is 7.15. The number of hydrogen-bond acceptors (Lipinski definition) is 12. The predicted molar refractivity (Wildman–Crippen MR) is 122 cm³/mol. The van der Waals surface area contributed by atoms with Crippen molar-refractivity contribution in [3.8, 4) is 0 Å². The van der Waals surface area contributed by atoms with Gasteiger partial charge in [-0.05, 0) is 0 Å². The third-order valence-electron chi connectivity index (χ3n) is 4.62. The summed E-state index contributed by atoms with van der Waals surface area (Å²) in [4.78, 5) is 56.0. The van der Waals surface area contributed by atoms with Gasteiger partial charge in [0.2, 0.25) is 0 Å². The number of aliphatic imine (C=N–C) groups is 4. The fourth-order valence-electron chi connectivity index (χ4n) is 2.44. The minimum atomic E-state index is -0.449. The van der Waals surface area contributed by atoms with Gasteiger partial charge in [0.05, 0.1) is 54.1 Å². The molecule has 4 aliphatic rings. The molecule has 4 atom stereocenters. The van der Waals surface area contributed by atoms with Crippen LogP contribution in [-0.2, 0) is 77.1 Å². The first-order valence-electron chi connectivity index (χ1n) is 10.3. The Bertz CT molecular complexity index is 818. The number of hydrogen-bond donors (Lipinski definition) is 4. The number of aliphatic hydroxyl groups is 4. The van der Waals surface area contributed by atoms with Crippen LogP contribution in [0.1, 0.15) is 25.7 Å². The number of nitrogens with zero attached hydrogens (tertiary/aromatic N) is 4. The first-order valence-corrected chi connectivity index (χ1v) is 10.3. The van der Waals surface area contributed by atoms with E-state index in [-0.39, 0.29) is 86.4 Å². The van der Waals surface area contributed by atoms with Crippen LogP contribution in [0, 0.1) is 0 Å². The van der Waals surface area contributed by atoms with Crippen LogP contribution in [0.5, 0.6) is 0 Å². The third kappa shape index (κ3) is 12.0. The first kappa shape index (κ1) is 37.2. The molecule has 4 heterocycles. The van der Waals surface area contributed by atoms with Crippen LogP contribution < -0.4 is 0 Å². The molecule has 0 aromatic rings. The molecule has 38 heavy (non-hydrogen) atoms. The van der Waals surface area contributed by atoms with E-state index in [4.69, 9.17) is 20.4 Å². The fourth-order valence-corrected chi connectivity index (χ4v) is 2.44. The van der Waals surface area contributed by atoms with Crippen LogP contribution >= 0.6 is 0 Å². The van der Waals surface area contributed by atoms with Crippen LogP contribution in [0.15, 0.2) is 20.0 Å². The summed E-state index contributed by atoms with van der Waals surface area (Å²) in [6.07, 6.45) is 1.30. The minimum Gasteiger partial charge on any atom is -0.497 e. The summed E-state index contributed by atoms with van der Waals surface area (Å²) in [6.45, 7) is 0. The third-order valence-corrected chi connectivity index (χ3v) is 4.62. The Kier molecular flexibility index (Phi) is 17.9. The van der Waals surface area contributed by atoms with E-state index in [0.29, 0.717) is 25.7 Å². The van der Waals surface area contributed by atoms with Gasteiger partial charge in [-0.15, -0.1) is 0 Å². The van der Waals surface area contributed by atoms with Gasteiger partial charge in [-0.1, -0.05) is 0 Å². The second-order valence-corrected chi connectivity index (χ2v) is 7.15. The number of esters is 4. The summed E-state index contributed by atoms with van der Waals surface area (Å²) >= 11 is 0. The maximum atomic E-state index is 10.5. The Balaban J connectivity index is 0. The summed E-state index contributed by atoms with van der Waals surface area (Å²) in [5, 5.41) is 34.0. The molecule has 16 nitrogen and oxygen atoms in total. The maximum Gasteiger partial charge on any atom is 0.331 e. The van der Waals surface area contributed by atoms with Gasteiger partial charge in [-0.25, -0.2) is 39.1 Å². The van der Waals surface area contributed by atoms with Crippen LogP contribution in [0.2, 0.25) is 0 Å². The molecule has 0 spiro atoms. The predicted octanol–water partition coefficient (Wildman–Crippen LogP) is -0.452. The van der Waals surface area contributed by atoms with Gasteiger partial charge in [-0.2, -0.15) is 0 Å². The molecule has 0 saturated carbocycles. The molecule has 4 rings (SSSR count). The smallest absolute Gasteiger partial charge is 0.331 e. The Hall–Kier alpha value is -2.99. The topological polar surface area (TPSA) is 236 Å². The first-order chi connectivity index (χ1) is 16.9. The fraction of sp³-hybridized carbons (Fsp3) is 0.600. The largest absolute Gasteiger partial charge is 0.497 e.